The average Bonchev–Trinajstić information content (AvgIpc) is 2.49. The Balaban J connectivity index is 1.87. The van der Waals surface area contributed by atoms with Crippen LogP contribution in [0.5, 0.6) is 5.75 Å². The highest BCUT2D eigenvalue weighted by Gasteiger charge is 2.13. The summed E-state index contributed by atoms with van der Waals surface area (Å²) in [5.74, 6) is 0.316. The number of benzene rings is 2. The van der Waals surface area contributed by atoms with Crippen molar-refractivity contribution in [3.05, 3.63) is 63.0 Å². The van der Waals surface area contributed by atoms with Gasteiger partial charge >= 0.3 is 0 Å². The molecule has 0 bridgehead atoms. The van der Waals surface area contributed by atoms with Gasteiger partial charge in [-0.1, -0.05) is 44.0 Å². The SMILES string of the molecule is CC(Oc1ccc(Br)cc1)C(=O)N/N=C\c1cccc(Br)c1. The van der Waals surface area contributed by atoms with Crippen LogP contribution in [0.25, 0.3) is 0 Å². The number of carbonyl (C=O) groups excluding carboxylic acids is 1. The summed E-state index contributed by atoms with van der Waals surface area (Å²) in [4.78, 5) is 11.9. The first-order valence-electron chi connectivity index (χ1n) is 6.55. The standard InChI is InChI=1S/C16H14Br2N2O2/c1-11(22-15-7-5-13(17)6-8-15)16(21)20-19-10-12-3-2-4-14(18)9-12/h2-11H,1H3,(H,20,21)/b19-10-. The van der Waals surface area contributed by atoms with E-state index in [4.69, 9.17) is 4.74 Å². The Kier molecular flexibility index (Phi) is 6.15. The van der Waals surface area contributed by atoms with Crippen molar-refractivity contribution in [3.8, 4) is 5.75 Å². The first-order valence-corrected chi connectivity index (χ1v) is 8.14. The number of amides is 1. The summed E-state index contributed by atoms with van der Waals surface area (Å²) in [6.07, 6.45) is 0.940. The van der Waals surface area contributed by atoms with E-state index in [9.17, 15) is 4.79 Å². The highest BCUT2D eigenvalue weighted by molar-refractivity contribution is 9.10. The van der Waals surface area contributed by atoms with Crippen LogP contribution in [-0.2, 0) is 4.79 Å². The van der Waals surface area contributed by atoms with Gasteiger partial charge in [-0.3, -0.25) is 4.79 Å². The first kappa shape index (κ1) is 16.7. The van der Waals surface area contributed by atoms with Gasteiger partial charge < -0.3 is 4.74 Å². The molecule has 0 saturated heterocycles. The molecule has 1 N–H and O–H groups in total. The van der Waals surface area contributed by atoms with E-state index in [0.29, 0.717) is 5.75 Å². The predicted octanol–water partition coefficient (Wildman–Crippen LogP) is 4.13. The second kappa shape index (κ2) is 8.10. The van der Waals surface area contributed by atoms with Crippen LogP contribution in [0.1, 0.15) is 12.5 Å². The monoisotopic (exact) mass is 424 g/mol. The fraction of sp³-hybridized carbons (Fsp3) is 0.125. The number of ether oxygens (including phenoxy) is 1. The zero-order valence-corrected chi connectivity index (χ0v) is 15.0. The number of nitrogens with zero attached hydrogens (tertiary/aromatic N) is 1. The van der Waals surface area contributed by atoms with Crippen LogP contribution in [0.3, 0.4) is 0 Å². The van der Waals surface area contributed by atoms with Crippen molar-refractivity contribution in [2.45, 2.75) is 13.0 Å². The van der Waals surface area contributed by atoms with Gasteiger partial charge in [-0.25, -0.2) is 5.43 Å². The van der Waals surface area contributed by atoms with Crippen molar-refractivity contribution in [2.24, 2.45) is 5.10 Å². The minimum absolute atomic E-state index is 0.311. The van der Waals surface area contributed by atoms with Crippen molar-refractivity contribution >= 4 is 44.0 Å². The topological polar surface area (TPSA) is 50.7 Å². The lowest BCUT2D eigenvalue weighted by Gasteiger charge is -2.12. The number of hydrogen-bond acceptors (Lipinski definition) is 3. The van der Waals surface area contributed by atoms with Crippen LogP contribution in [0, 0.1) is 0 Å². The number of nitrogens with one attached hydrogen (secondary N) is 1. The summed E-state index contributed by atoms with van der Waals surface area (Å²) < 4.78 is 7.45. The third kappa shape index (κ3) is 5.27. The molecule has 0 radical (unpaired) electrons. The quantitative estimate of drug-likeness (QED) is 0.578. The second-order valence-electron chi connectivity index (χ2n) is 4.50. The Bertz CT molecular complexity index is 672. The molecule has 2 rings (SSSR count). The third-order valence-corrected chi connectivity index (χ3v) is 3.75. The lowest BCUT2D eigenvalue weighted by Crippen LogP contribution is -2.33. The molecule has 2 aromatic rings. The fourth-order valence-corrected chi connectivity index (χ4v) is 2.30. The van der Waals surface area contributed by atoms with Gasteiger partial charge in [0.25, 0.3) is 5.91 Å². The fourth-order valence-electron chi connectivity index (χ4n) is 1.62. The molecule has 4 nitrogen and oxygen atoms in total. The Morgan fingerprint density at radius 2 is 1.91 bits per heavy atom. The van der Waals surface area contributed by atoms with Gasteiger partial charge in [0.05, 0.1) is 6.21 Å². The zero-order valence-electron chi connectivity index (χ0n) is 11.8. The van der Waals surface area contributed by atoms with E-state index in [0.717, 1.165) is 14.5 Å². The molecule has 0 saturated carbocycles. The van der Waals surface area contributed by atoms with E-state index in [-0.39, 0.29) is 5.91 Å². The smallest absolute Gasteiger partial charge is 0.280 e. The minimum atomic E-state index is -0.638. The molecule has 2 aromatic carbocycles. The number of hydrogen-bond donors (Lipinski definition) is 1. The van der Waals surface area contributed by atoms with Crippen LogP contribution in [0.15, 0.2) is 62.6 Å². The van der Waals surface area contributed by atoms with Gasteiger partial charge in [-0.05, 0) is 48.9 Å². The zero-order chi connectivity index (χ0) is 15.9. The van der Waals surface area contributed by atoms with Gasteiger partial charge in [-0.2, -0.15) is 5.10 Å². The highest BCUT2D eigenvalue weighted by atomic mass is 79.9. The Morgan fingerprint density at radius 1 is 1.18 bits per heavy atom. The van der Waals surface area contributed by atoms with E-state index >= 15 is 0 Å². The van der Waals surface area contributed by atoms with E-state index < -0.39 is 6.10 Å². The van der Waals surface area contributed by atoms with Gasteiger partial charge in [0.2, 0.25) is 0 Å². The second-order valence-corrected chi connectivity index (χ2v) is 6.33. The van der Waals surface area contributed by atoms with E-state index in [1.54, 1.807) is 25.3 Å². The lowest BCUT2D eigenvalue weighted by molar-refractivity contribution is -0.127. The number of rotatable bonds is 5. The van der Waals surface area contributed by atoms with Crippen molar-refractivity contribution in [3.63, 3.8) is 0 Å². The van der Waals surface area contributed by atoms with E-state index in [1.807, 2.05) is 36.4 Å². The van der Waals surface area contributed by atoms with Gasteiger partial charge in [0.1, 0.15) is 5.75 Å². The Hall–Kier alpha value is -1.66. The number of hydrazone groups is 1. The minimum Gasteiger partial charge on any atom is -0.481 e. The van der Waals surface area contributed by atoms with Crippen molar-refractivity contribution < 1.29 is 9.53 Å². The molecular formula is C16H14Br2N2O2. The molecule has 1 atom stereocenters. The van der Waals surface area contributed by atoms with Gasteiger partial charge in [0.15, 0.2) is 6.10 Å². The van der Waals surface area contributed by atoms with Crippen LogP contribution in [0.4, 0.5) is 0 Å². The molecular weight excluding hydrogens is 412 g/mol. The average molecular weight is 426 g/mol. The summed E-state index contributed by atoms with van der Waals surface area (Å²) >= 11 is 6.72. The number of carbonyl (C=O) groups is 1. The predicted molar refractivity (Wildman–Crippen MR) is 94.1 cm³/mol. The normalized spacial score (nSPS) is 12.1. The summed E-state index contributed by atoms with van der Waals surface area (Å²) in [6, 6.07) is 14.9. The summed E-state index contributed by atoms with van der Waals surface area (Å²) in [7, 11) is 0. The third-order valence-electron chi connectivity index (χ3n) is 2.73. The molecule has 1 unspecified atom stereocenters. The molecule has 114 valence electrons. The molecule has 1 amide bonds. The molecule has 0 fully saturated rings. The number of halogens is 2. The molecule has 0 aliphatic carbocycles. The maximum atomic E-state index is 11.9. The van der Waals surface area contributed by atoms with Crippen molar-refractivity contribution in [1.29, 1.82) is 0 Å². The van der Waals surface area contributed by atoms with E-state index in [2.05, 4.69) is 42.4 Å². The van der Waals surface area contributed by atoms with Crippen molar-refractivity contribution in [2.75, 3.05) is 0 Å². The maximum absolute atomic E-state index is 11.9. The molecule has 0 heterocycles. The van der Waals surface area contributed by atoms with E-state index in [1.165, 1.54) is 0 Å². The summed E-state index contributed by atoms with van der Waals surface area (Å²) in [5, 5.41) is 3.93. The Labute approximate surface area is 145 Å². The largest absolute Gasteiger partial charge is 0.481 e. The Morgan fingerprint density at radius 3 is 2.59 bits per heavy atom. The lowest BCUT2D eigenvalue weighted by atomic mass is 10.2. The molecule has 6 heteroatoms. The van der Waals surface area contributed by atoms with Gasteiger partial charge in [-0.15, -0.1) is 0 Å². The van der Waals surface area contributed by atoms with Gasteiger partial charge in [0, 0.05) is 8.95 Å². The molecule has 22 heavy (non-hydrogen) atoms. The maximum Gasteiger partial charge on any atom is 0.280 e. The highest BCUT2D eigenvalue weighted by Crippen LogP contribution is 2.17. The van der Waals surface area contributed by atoms with Crippen LogP contribution in [0.2, 0.25) is 0 Å². The summed E-state index contributed by atoms with van der Waals surface area (Å²) in [6.45, 7) is 1.67. The van der Waals surface area contributed by atoms with Crippen LogP contribution >= 0.6 is 31.9 Å². The summed E-state index contributed by atoms with van der Waals surface area (Å²) in [5.41, 5.74) is 3.35. The first-order chi connectivity index (χ1) is 10.5. The molecule has 0 aliphatic heterocycles. The van der Waals surface area contributed by atoms with Crippen LogP contribution in [-0.4, -0.2) is 18.2 Å². The molecule has 0 aromatic heterocycles. The van der Waals surface area contributed by atoms with Crippen molar-refractivity contribution in [1.82, 2.24) is 5.43 Å². The van der Waals surface area contributed by atoms with Crippen LogP contribution < -0.4 is 10.2 Å². The molecule has 0 spiro atoms. The molecule has 0 aliphatic rings.